The molecule has 1 heterocycles. The third-order valence-electron chi connectivity index (χ3n) is 4.21. The number of hydrogen-bond donors (Lipinski definition) is 1. The molecule has 5 heteroatoms. The predicted molar refractivity (Wildman–Crippen MR) is 82.7 cm³/mol. The van der Waals surface area contributed by atoms with E-state index in [1.165, 1.54) is 0 Å². The number of hydrogen-bond acceptors (Lipinski definition) is 3. The zero-order valence-electron chi connectivity index (χ0n) is 12.9. The molecule has 0 spiro atoms. The van der Waals surface area contributed by atoms with Crippen LogP contribution < -0.4 is 5.32 Å². The van der Waals surface area contributed by atoms with Crippen molar-refractivity contribution >= 4 is 23.6 Å². The summed E-state index contributed by atoms with van der Waals surface area (Å²) < 4.78 is 0. The average molecular weight is 298 g/mol. The first-order valence-electron chi connectivity index (χ1n) is 7.56. The Bertz CT molecular complexity index is 392. The molecule has 1 aliphatic heterocycles. The smallest absolute Gasteiger partial charge is 0.246 e. The van der Waals surface area contributed by atoms with E-state index in [2.05, 4.69) is 12.2 Å². The first-order chi connectivity index (χ1) is 9.34. The predicted octanol–water partition coefficient (Wildman–Crippen LogP) is 2.03. The molecule has 0 bridgehead atoms. The number of amides is 2. The fraction of sp³-hybridized carbons (Fsp3) is 0.867. The summed E-state index contributed by atoms with van der Waals surface area (Å²) in [6.45, 7) is 8.41. The van der Waals surface area contributed by atoms with E-state index < -0.39 is 6.04 Å². The van der Waals surface area contributed by atoms with Crippen molar-refractivity contribution in [1.82, 2.24) is 10.2 Å². The summed E-state index contributed by atoms with van der Waals surface area (Å²) >= 11 is 1.93. The summed E-state index contributed by atoms with van der Waals surface area (Å²) in [7, 11) is 0. The summed E-state index contributed by atoms with van der Waals surface area (Å²) in [5.41, 5.74) is -0.239. The van der Waals surface area contributed by atoms with E-state index in [0.29, 0.717) is 5.25 Å². The van der Waals surface area contributed by atoms with Crippen LogP contribution >= 0.6 is 11.8 Å². The Morgan fingerprint density at radius 3 is 2.60 bits per heavy atom. The van der Waals surface area contributed by atoms with Gasteiger partial charge in [-0.2, -0.15) is 11.8 Å². The van der Waals surface area contributed by atoms with Gasteiger partial charge >= 0.3 is 0 Å². The summed E-state index contributed by atoms with van der Waals surface area (Å²) in [6, 6.07) is -0.153. The van der Waals surface area contributed by atoms with Crippen LogP contribution in [0.3, 0.4) is 0 Å². The van der Waals surface area contributed by atoms with Gasteiger partial charge in [0.25, 0.3) is 0 Å². The van der Waals surface area contributed by atoms with Crippen molar-refractivity contribution in [2.75, 3.05) is 12.3 Å². The molecule has 2 aliphatic rings. The molecule has 114 valence electrons. The maximum atomic E-state index is 12.8. The molecule has 2 fully saturated rings. The average Bonchev–Trinajstić information content (AvgIpc) is 2.79. The lowest BCUT2D eigenvalue weighted by Gasteiger charge is -2.42. The molecule has 0 aromatic heterocycles. The van der Waals surface area contributed by atoms with Crippen LogP contribution in [-0.4, -0.2) is 46.3 Å². The fourth-order valence-electron chi connectivity index (χ4n) is 3.21. The molecule has 0 radical (unpaired) electrons. The van der Waals surface area contributed by atoms with Crippen molar-refractivity contribution in [2.45, 2.75) is 64.3 Å². The van der Waals surface area contributed by atoms with E-state index in [4.69, 9.17) is 0 Å². The van der Waals surface area contributed by atoms with Crippen LogP contribution in [0, 0.1) is 5.41 Å². The zero-order valence-corrected chi connectivity index (χ0v) is 13.8. The summed E-state index contributed by atoms with van der Waals surface area (Å²) in [6.07, 6.45) is 3.36. The van der Waals surface area contributed by atoms with Gasteiger partial charge in [0, 0.05) is 11.3 Å². The number of piperazine rings is 1. The van der Waals surface area contributed by atoms with Gasteiger partial charge in [-0.1, -0.05) is 34.1 Å². The highest BCUT2D eigenvalue weighted by Gasteiger charge is 2.44. The Labute approximate surface area is 126 Å². The number of carbonyl (C=O) groups excluding carboxylic acids is 2. The second-order valence-corrected chi connectivity index (χ2v) is 8.34. The van der Waals surface area contributed by atoms with Gasteiger partial charge in [-0.05, 0) is 24.0 Å². The van der Waals surface area contributed by atoms with E-state index in [1.807, 2.05) is 37.4 Å². The molecule has 3 atom stereocenters. The van der Waals surface area contributed by atoms with Crippen LogP contribution in [0.4, 0.5) is 0 Å². The maximum absolute atomic E-state index is 12.8. The first-order valence-corrected chi connectivity index (χ1v) is 8.61. The largest absolute Gasteiger partial charge is 0.342 e. The molecule has 3 unspecified atom stereocenters. The first kappa shape index (κ1) is 15.7. The second kappa shape index (κ2) is 5.96. The minimum absolute atomic E-state index is 0.0170. The molecular formula is C15H26N2O2S. The highest BCUT2D eigenvalue weighted by molar-refractivity contribution is 7.99. The molecule has 0 aromatic rings. The van der Waals surface area contributed by atoms with Gasteiger partial charge in [0.05, 0.1) is 6.54 Å². The molecule has 1 saturated heterocycles. The molecule has 2 rings (SSSR count). The lowest BCUT2D eigenvalue weighted by Crippen LogP contribution is -2.64. The van der Waals surface area contributed by atoms with Gasteiger partial charge < -0.3 is 10.2 Å². The topological polar surface area (TPSA) is 49.4 Å². The summed E-state index contributed by atoms with van der Waals surface area (Å²) in [5, 5.41) is 3.37. The van der Waals surface area contributed by atoms with Crippen molar-refractivity contribution in [3.05, 3.63) is 0 Å². The molecule has 2 amide bonds. The van der Waals surface area contributed by atoms with E-state index in [9.17, 15) is 9.59 Å². The Balaban J connectivity index is 2.17. The molecule has 1 aliphatic carbocycles. The van der Waals surface area contributed by atoms with Crippen LogP contribution in [0.15, 0.2) is 0 Å². The number of rotatable bonds is 3. The van der Waals surface area contributed by atoms with Gasteiger partial charge in [-0.3, -0.25) is 9.59 Å². The number of nitrogens with one attached hydrogen (secondary N) is 1. The Morgan fingerprint density at radius 1 is 1.30 bits per heavy atom. The highest BCUT2D eigenvalue weighted by Crippen LogP contribution is 2.35. The normalized spacial score (nSPS) is 31.6. The van der Waals surface area contributed by atoms with Crippen LogP contribution in [0.1, 0.15) is 47.0 Å². The van der Waals surface area contributed by atoms with Gasteiger partial charge in [0.2, 0.25) is 11.8 Å². The Morgan fingerprint density at radius 2 is 2.00 bits per heavy atom. The van der Waals surface area contributed by atoms with E-state index in [-0.39, 0.29) is 29.8 Å². The van der Waals surface area contributed by atoms with Gasteiger partial charge in [0.1, 0.15) is 6.04 Å². The summed E-state index contributed by atoms with van der Waals surface area (Å²) in [4.78, 5) is 26.6. The number of nitrogens with zero attached hydrogens (tertiary/aromatic N) is 1. The van der Waals surface area contributed by atoms with Crippen molar-refractivity contribution in [3.63, 3.8) is 0 Å². The number of carbonyl (C=O) groups is 2. The maximum Gasteiger partial charge on any atom is 0.246 e. The lowest BCUT2D eigenvalue weighted by molar-refractivity contribution is -0.149. The molecule has 1 saturated carbocycles. The lowest BCUT2D eigenvalue weighted by atomic mass is 9.84. The van der Waals surface area contributed by atoms with Gasteiger partial charge in [-0.15, -0.1) is 0 Å². The third-order valence-corrected chi connectivity index (χ3v) is 5.53. The molecule has 4 nitrogen and oxygen atoms in total. The monoisotopic (exact) mass is 298 g/mol. The third kappa shape index (κ3) is 3.13. The van der Waals surface area contributed by atoms with Crippen LogP contribution in [0.2, 0.25) is 0 Å². The SMILES string of the molecule is CCSC1CCCC1N1CC(=O)NC(C(C)(C)C)C1=O. The van der Waals surface area contributed by atoms with Crippen LogP contribution in [-0.2, 0) is 9.59 Å². The van der Waals surface area contributed by atoms with Crippen molar-refractivity contribution in [2.24, 2.45) is 5.41 Å². The second-order valence-electron chi connectivity index (χ2n) is 6.82. The molecule has 0 aromatic carbocycles. The van der Waals surface area contributed by atoms with Crippen LogP contribution in [0.5, 0.6) is 0 Å². The van der Waals surface area contributed by atoms with E-state index >= 15 is 0 Å². The zero-order chi connectivity index (χ0) is 14.9. The van der Waals surface area contributed by atoms with E-state index in [1.54, 1.807) is 0 Å². The van der Waals surface area contributed by atoms with Crippen LogP contribution in [0.25, 0.3) is 0 Å². The summed E-state index contributed by atoms with van der Waals surface area (Å²) in [5.74, 6) is 1.15. The Kier molecular flexibility index (Phi) is 4.67. The quantitative estimate of drug-likeness (QED) is 0.867. The van der Waals surface area contributed by atoms with Crippen molar-refractivity contribution in [3.8, 4) is 0 Å². The molecule has 1 N–H and O–H groups in total. The standard InChI is InChI=1S/C15H26N2O2S/c1-5-20-11-8-6-7-10(11)17-9-12(18)16-13(14(17)19)15(2,3)4/h10-11,13H,5-9H2,1-4H3,(H,16,18). The Hall–Kier alpha value is -0.710. The number of thioether (sulfide) groups is 1. The molecule has 20 heavy (non-hydrogen) atoms. The van der Waals surface area contributed by atoms with Gasteiger partial charge in [0.15, 0.2) is 0 Å². The van der Waals surface area contributed by atoms with E-state index in [0.717, 1.165) is 25.0 Å². The van der Waals surface area contributed by atoms with Crippen molar-refractivity contribution < 1.29 is 9.59 Å². The minimum Gasteiger partial charge on any atom is -0.342 e. The highest BCUT2D eigenvalue weighted by atomic mass is 32.2. The van der Waals surface area contributed by atoms with Gasteiger partial charge in [-0.25, -0.2) is 0 Å². The molecular weight excluding hydrogens is 272 g/mol. The minimum atomic E-state index is -0.392. The van der Waals surface area contributed by atoms with Crippen molar-refractivity contribution in [1.29, 1.82) is 0 Å². The fourth-order valence-corrected chi connectivity index (χ4v) is 4.47.